The van der Waals surface area contributed by atoms with Gasteiger partial charge in [0.15, 0.2) is 0 Å². The molecule has 1 atom stereocenters. The van der Waals surface area contributed by atoms with Crippen LogP contribution >= 0.6 is 22.7 Å². The van der Waals surface area contributed by atoms with E-state index in [1.807, 2.05) is 38.3 Å². The van der Waals surface area contributed by atoms with Crippen molar-refractivity contribution in [3.63, 3.8) is 0 Å². The summed E-state index contributed by atoms with van der Waals surface area (Å²) in [6.07, 6.45) is 0. The average molecular weight is 363 g/mol. The molecule has 0 spiro atoms. The summed E-state index contributed by atoms with van der Waals surface area (Å²) in [5.74, 6) is -0.678. The van der Waals surface area contributed by atoms with Crippen molar-refractivity contribution in [2.75, 3.05) is 0 Å². The number of aromatic nitrogens is 2. The minimum Gasteiger partial charge on any atom is -0.387 e. The Kier molecular flexibility index (Phi) is 4.68. The smallest absolute Gasteiger partial charge is 0.387 e. The minimum absolute atomic E-state index is 0.123. The Morgan fingerprint density at radius 3 is 2.88 bits per heavy atom. The fourth-order valence-corrected chi connectivity index (χ4v) is 4.15. The number of hydrogen-bond acceptors (Lipinski definition) is 6. The number of carbonyl (C=O) groups is 1. The first-order valence-corrected chi connectivity index (χ1v) is 9.12. The largest absolute Gasteiger partial charge is 0.437 e. The second kappa shape index (κ2) is 6.74. The van der Waals surface area contributed by atoms with Crippen molar-refractivity contribution in [3.05, 3.63) is 49.4 Å². The summed E-state index contributed by atoms with van der Waals surface area (Å²) in [4.78, 5) is 27.2. The molecule has 1 N–H and O–H groups in total. The molecule has 8 heteroatoms. The Labute approximate surface area is 146 Å². The van der Waals surface area contributed by atoms with Gasteiger partial charge in [0, 0.05) is 9.75 Å². The predicted octanol–water partition coefficient (Wildman–Crippen LogP) is 3.12. The Morgan fingerprint density at radius 1 is 1.46 bits per heavy atom. The van der Waals surface area contributed by atoms with Gasteiger partial charge in [0.05, 0.1) is 10.9 Å². The third kappa shape index (κ3) is 3.49. The Hall–Kier alpha value is -2.19. The van der Waals surface area contributed by atoms with E-state index in [4.69, 9.17) is 4.42 Å². The average Bonchev–Trinajstić information content (AvgIpc) is 3.21. The van der Waals surface area contributed by atoms with E-state index >= 15 is 0 Å². The number of nitrogens with zero attached hydrogens (tertiary/aromatic N) is 2. The summed E-state index contributed by atoms with van der Waals surface area (Å²) >= 11 is 3.12. The van der Waals surface area contributed by atoms with Crippen LogP contribution in [0.4, 0.5) is 0 Å². The van der Waals surface area contributed by atoms with Gasteiger partial charge in [-0.25, -0.2) is 4.79 Å². The van der Waals surface area contributed by atoms with Crippen LogP contribution in [0.5, 0.6) is 0 Å². The second-order valence-corrected chi connectivity index (χ2v) is 7.87. The topological polar surface area (TPSA) is 77.1 Å². The van der Waals surface area contributed by atoms with E-state index in [0.29, 0.717) is 0 Å². The molecule has 126 valence electrons. The van der Waals surface area contributed by atoms with Crippen LogP contribution in [-0.4, -0.2) is 15.7 Å². The summed E-state index contributed by atoms with van der Waals surface area (Å²) < 4.78 is 6.14. The molecule has 3 aromatic rings. The van der Waals surface area contributed by atoms with Crippen LogP contribution in [0.25, 0.3) is 10.8 Å². The SMILES string of the molecule is Cc1cc([C@H](C)NC(=O)Cn2nc(-c3cccs3)oc2=O)c(C)s1. The molecular formula is C16H17N3O3S2. The Balaban J connectivity index is 1.69. The zero-order valence-electron chi connectivity index (χ0n) is 13.5. The molecule has 24 heavy (non-hydrogen) atoms. The van der Waals surface area contributed by atoms with E-state index in [1.54, 1.807) is 11.3 Å². The first-order chi connectivity index (χ1) is 11.4. The van der Waals surface area contributed by atoms with Crippen molar-refractivity contribution in [2.24, 2.45) is 0 Å². The highest BCUT2D eigenvalue weighted by atomic mass is 32.1. The van der Waals surface area contributed by atoms with Crippen molar-refractivity contribution >= 4 is 28.6 Å². The van der Waals surface area contributed by atoms with Gasteiger partial charge in [0.1, 0.15) is 6.54 Å². The highest BCUT2D eigenvalue weighted by Crippen LogP contribution is 2.26. The van der Waals surface area contributed by atoms with Gasteiger partial charge in [0.2, 0.25) is 5.91 Å². The zero-order valence-corrected chi connectivity index (χ0v) is 15.2. The summed E-state index contributed by atoms with van der Waals surface area (Å²) in [6.45, 7) is 5.83. The quantitative estimate of drug-likeness (QED) is 0.755. The van der Waals surface area contributed by atoms with Crippen molar-refractivity contribution in [1.82, 2.24) is 15.1 Å². The van der Waals surface area contributed by atoms with Crippen molar-refractivity contribution in [2.45, 2.75) is 33.4 Å². The lowest BCUT2D eigenvalue weighted by Gasteiger charge is -2.13. The summed E-state index contributed by atoms with van der Waals surface area (Å²) in [6, 6.07) is 5.60. The molecule has 0 unspecified atom stereocenters. The molecular weight excluding hydrogens is 346 g/mol. The fourth-order valence-electron chi connectivity index (χ4n) is 2.49. The van der Waals surface area contributed by atoms with Gasteiger partial charge in [-0.15, -0.1) is 27.8 Å². The van der Waals surface area contributed by atoms with E-state index in [-0.39, 0.29) is 24.4 Å². The standard InChI is InChI=1S/C16H17N3O3S2/c1-9-7-12(11(3)24-9)10(2)17-14(20)8-19-16(21)22-15(18-19)13-5-4-6-23-13/h4-7,10H,8H2,1-3H3,(H,17,20)/t10-/m0/s1. The highest BCUT2D eigenvalue weighted by molar-refractivity contribution is 7.13. The second-order valence-electron chi connectivity index (χ2n) is 5.47. The molecule has 0 bridgehead atoms. The molecule has 3 rings (SSSR count). The maximum atomic E-state index is 12.2. The van der Waals surface area contributed by atoms with Crippen LogP contribution in [0.3, 0.4) is 0 Å². The molecule has 0 saturated heterocycles. The minimum atomic E-state index is -0.635. The fraction of sp³-hybridized carbons (Fsp3) is 0.312. The van der Waals surface area contributed by atoms with Gasteiger partial charge in [-0.3, -0.25) is 4.79 Å². The molecule has 0 aliphatic carbocycles. The lowest BCUT2D eigenvalue weighted by atomic mass is 10.1. The Morgan fingerprint density at radius 2 is 2.25 bits per heavy atom. The van der Waals surface area contributed by atoms with E-state index in [9.17, 15) is 9.59 Å². The van der Waals surface area contributed by atoms with Crippen molar-refractivity contribution in [3.8, 4) is 10.8 Å². The van der Waals surface area contributed by atoms with Crippen molar-refractivity contribution in [1.29, 1.82) is 0 Å². The normalized spacial score (nSPS) is 12.3. The van der Waals surface area contributed by atoms with Gasteiger partial charge < -0.3 is 9.73 Å². The number of thiophene rings is 2. The van der Waals surface area contributed by atoms with Crippen LogP contribution in [0, 0.1) is 13.8 Å². The van der Waals surface area contributed by atoms with Gasteiger partial charge in [-0.2, -0.15) is 4.68 Å². The maximum Gasteiger partial charge on any atom is 0.437 e. The molecule has 1 amide bonds. The number of nitrogens with one attached hydrogen (secondary N) is 1. The van der Waals surface area contributed by atoms with Gasteiger partial charge in [-0.1, -0.05) is 6.07 Å². The van der Waals surface area contributed by atoms with Crippen LogP contribution in [0.15, 0.2) is 32.8 Å². The van der Waals surface area contributed by atoms with E-state index in [0.717, 1.165) is 15.1 Å². The molecule has 0 aliphatic heterocycles. The number of carbonyl (C=O) groups excluding carboxylic acids is 1. The van der Waals surface area contributed by atoms with E-state index in [2.05, 4.69) is 16.5 Å². The highest BCUT2D eigenvalue weighted by Gasteiger charge is 2.17. The summed E-state index contributed by atoms with van der Waals surface area (Å²) in [5.41, 5.74) is 1.10. The predicted molar refractivity (Wildman–Crippen MR) is 94.4 cm³/mol. The molecule has 0 radical (unpaired) electrons. The first kappa shape index (κ1) is 16.7. The van der Waals surface area contributed by atoms with Crippen molar-refractivity contribution < 1.29 is 9.21 Å². The number of hydrogen-bond donors (Lipinski definition) is 1. The lowest BCUT2D eigenvalue weighted by molar-refractivity contribution is -0.122. The molecule has 3 aromatic heterocycles. The number of amides is 1. The number of rotatable bonds is 5. The molecule has 6 nitrogen and oxygen atoms in total. The monoisotopic (exact) mass is 363 g/mol. The first-order valence-electron chi connectivity index (χ1n) is 7.42. The third-order valence-electron chi connectivity index (χ3n) is 3.55. The van der Waals surface area contributed by atoms with Gasteiger partial charge in [0.25, 0.3) is 5.89 Å². The van der Waals surface area contributed by atoms with Gasteiger partial charge in [-0.05, 0) is 43.8 Å². The molecule has 0 aromatic carbocycles. The summed E-state index contributed by atoms with van der Waals surface area (Å²) in [7, 11) is 0. The van der Waals surface area contributed by atoms with E-state index < -0.39 is 5.76 Å². The summed E-state index contributed by atoms with van der Waals surface area (Å²) in [5, 5.41) is 8.85. The van der Waals surface area contributed by atoms with Crippen LogP contribution in [0.2, 0.25) is 0 Å². The number of aryl methyl sites for hydroxylation is 2. The molecule has 0 fully saturated rings. The van der Waals surface area contributed by atoms with Crippen LogP contribution in [-0.2, 0) is 11.3 Å². The Bertz CT molecular complexity index is 906. The molecule has 0 aliphatic rings. The van der Waals surface area contributed by atoms with Crippen LogP contribution in [0.1, 0.15) is 28.3 Å². The van der Waals surface area contributed by atoms with E-state index in [1.165, 1.54) is 21.1 Å². The lowest BCUT2D eigenvalue weighted by Crippen LogP contribution is -2.33. The van der Waals surface area contributed by atoms with Gasteiger partial charge >= 0.3 is 5.76 Å². The molecule has 3 heterocycles. The third-order valence-corrected chi connectivity index (χ3v) is 5.39. The molecule has 0 saturated carbocycles. The maximum absolute atomic E-state index is 12.2. The van der Waals surface area contributed by atoms with Crippen LogP contribution < -0.4 is 11.1 Å². The zero-order chi connectivity index (χ0) is 17.3.